The average Bonchev–Trinajstić information content (AvgIpc) is 2.54. The molecule has 0 radical (unpaired) electrons. The second-order valence-corrected chi connectivity index (χ2v) is 5.02. The lowest BCUT2D eigenvalue weighted by Gasteiger charge is -2.29. The van der Waals surface area contributed by atoms with E-state index in [1.165, 1.54) is 5.56 Å². The fourth-order valence-corrected chi connectivity index (χ4v) is 2.75. The van der Waals surface area contributed by atoms with Crippen LogP contribution in [-0.4, -0.2) is 11.9 Å². The Morgan fingerprint density at radius 3 is 2.69 bits per heavy atom. The van der Waals surface area contributed by atoms with Gasteiger partial charge < -0.3 is 5.32 Å². The predicted molar refractivity (Wildman–Crippen MR) is 65.1 cm³/mol. The first-order chi connectivity index (χ1) is 7.64. The van der Waals surface area contributed by atoms with Crippen LogP contribution < -0.4 is 5.32 Å². The molecule has 0 spiro atoms. The van der Waals surface area contributed by atoms with Gasteiger partial charge in [-0.1, -0.05) is 44.2 Å². The maximum absolute atomic E-state index is 11.5. The number of carbonyl (C=O) groups excluding carboxylic acids is 1. The molecule has 0 aliphatic carbocycles. The third-order valence-electron chi connectivity index (χ3n) is 3.60. The molecular weight excluding hydrogens is 198 g/mol. The fraction of sp³-hybridized carbons (Fsp3) is 0.500. The van der Waals surface area contributed by atoms with E-state index in [0.717, 1.165) is 12.8 Å². The molecule has 1 N–H and O–H groups in total. The van der Waals surface area contributed by atoms with Crippen molar-refractivity contribution in [1.29, 1.82) is 0 Å². The van der Waals surface area contributed by atoms with Gasteiger partial charge in [-0.05, 0) is 18.4 Å². The molecule has 1 aromatic carbocycles. The van der Waals surface area contributed by atoms with Gasteiger partial charge in [-0.3, -0.25) is 4.79 Å². The van der Waals surface area contributed by atoms with Crippen LogP contribution in [-0.2, 0) is 11.2 Å². The van der Waals surface area contributed by atoms with E-state index >= 15 is 0 Å². The quantitative estimate of drug-likeness (QED) is 0.828. The molecule has 2 atom stereocenters. The fourth-order valence-electron chi connectivity index (χ4n) is 2.75. The number of nitrogens with one attached hydrogen (secondary N) is 1. The Balaban J connectivity index is 2.16. The molecular formula is C14H19NO. The van der Waals surface area contributed by atoms with Gasteiger partial charge in [0.05, 0.1) is 0 Å². The van der Waals surface area contributed by atoms with Gasteiger partial charge in [0.25, 0.3) is 0 Å². The number of rotatable bonds is 3. The molecule has 1 fully saturated rings. The highest BCUT2D eigenvalue weighted by atomic mass is 16.2. The van der Waals surface area contributed by atoms with E-state index in [2.05, 4.69) is 43.4 Å². The van der Waals surface area contributed by atoms with Crippen molar-refractivity contribution in [2.75, 3.05) is 0 Å². The maximum atomic E-state index is 11.5. The summed E-state index contributed by atoms with van der Waals surface area (Å²) in [6.07, 6.45) is 2.64. The third-order valence-corrected chi connectivity index (χ3v) is 3.60. The number of carbonyl (C=O) groups is 1. The van der Waals surface area contributed by atoms with E-state index in [1.54, 1.807) is 0 Å². The minimum Gasteiger partial charge on any atom is -0.353 e. The molecule has 1 saturated heterocycles. The van der Waals surface area contributed by atoms with Crippen LogP contribution in [0.5, 0.6) is 0 Å². The van der Waals surface area contributed by atoms with Crippen LogP contribution in [0.1, 0.15) is 32.3 Å². The number of hydrogen-bond acceptors (Lipinski definition) is 1. The normalized spacial score (nSPS) is 29.1. The van der Waals surface area contributed by atoms with Crippen molar-refractivity contribution in [3.05, 3.63) is 35.9 Å². The topological polar surface area (TPSA) is 29.1 Å². The minimum atomic E-state index is 0.0766. The minimum absolute atomic E-state index is 0.0766. The van der Waals surface area contributed by atoms with E-state index in [0.29, 0.717) is 12.5 Å². The number of hydrogen-bond donors (Lipinski definition) is 1. The summed E-state index contributed by atoms with van der Waals surface area (Å²) in [5.74, 6) is 0.199. The van der Waals surface area contributed by atoms with Crippen molar-refractivity contribution in [3.8, 4) is 0 Å². The second kappa shape index (κ2) is 4.28. The Morgan fingerprint density at radius 2 is 2.06 bits per heavy atom. The van der Waals surface area contributed by atoms with E-state index in [9.17, 15) is 4.79 Å². The molecule has 2 rings (SSSR count). The van der Waals surface area contributed by atoms with Gasteiger partial charge >= 0.3 is 0 Å². The first-order valence-electron chi connectivity index (χ1n) is 5.97. The molecule has 0 aromatic heterocycles. The highest BCUT2D eigenvalue weighted by molar-refractivity contribution is 5.80. The summed E-state index contributed by atoms with van der Waals surface area (Å²) in [6, 6.07) is 10.7. The smallest absolute Gasteiger partial charge is 0.220 e. The predicted octanol–water partition coefficient (Wildman–Crippen LogP) is 2.53. The third kappa shape index (κ3) is 2.11. The molecule has 1 aliphatic rings. The van der Waals surface area contributed by atoms with Gasteiger partial charge in [0, 0.05) is 17.9 Å². The first kappa shape index (κ1) is 11.2. The summed E-state index contributed by atoms with van der Waals surface area (Å²) in [4.78, 5) is 11.5. The Morgan fingerprint density at radius 1 is 1.38 bits per heavy atom. The van der Waals surface area contributed by atoms with Crippen molar-refractivity contribution in [1.82, 2.24) is 5.32 Å². The maximum Gasteiger partial charge on any atom is 0.220 e. The first-order valence-corrected chi connectivity index (χ1v) is 5.97. The van der Waals surface area contributed by atoms with E-state index < -0.39 is 0 Å². The molecule has 2 unspecified atom stereocenters. The van der Waals surface area contributed by atoms with Crippen LogP contribution in [0.25, 0.3) is 0 Å². The molecule has 1 aromatic rings. The SMILES string of the molecule is CCC1NC(=O)CC1(C)Cc1ccccc1. The zero-order valence-electron chi connectivity index (χ0n) is 9.99. The standard InChI is InChI=1S/C14H19NO/c1-3-12-14(2,10-13(16)15-12)9-11-7-5-4-6-8-11/h4-8,12H,3,9-10H2,1-2H3,(H,15,16). The zero-order chi connectivity index (χ0) is 11.6. The van der Waals surface area contributed by atoms with Crippen LogP contribution in [0.15, 0.2) is 30.3 Å². The molecule has 1 amide bonds. The van der Waals surface area contributed by atoms with Gasteiger partial charge in [-0.25, -0.2) is 0 Å². The largest absolute Gasteiger partial charge is 0.353 e. The Hall–Kier alpha value is -1.31. The lowest BCUT2D eigenvalue weighted by Crippen LogP contribution is -2.36. The van der Waals surface area contributed by atoms with Crippen LogP contribution in [0, 0.1) is 5.41 Å². The lowest BCUT2D eigenvalue weighted by atomic mass is 9.76. The Labute approximate surface area is 97.1 Å². The van der Waals surface area contributed by atoms with Crippen molar-refractivity contribution in [3.63, 3.8) is 0 Å². The summed E-state index contributed by atoms with van der Waals surface area (Å²) in [5, 5.41) is 3.08. The van der Waals surface area contributed by atoms with Crippen molar-refractivity contribution in [2.24, 2.45) is 5.41 Å². The monoisotopic (exact) mass is 217 g/mol. The van der Waals surface area contributed by atoms with Crippen LogP contribution >= 0.6 is 0 Å². The molecule has 1 heterocycles. The molecule has 1 aliphatic heterocycles. The molecule has 2 heteroatoms. The van der Waals surface area contributed by atoms with Gasteiger partial charge in [-0.2, -0.15) is 0 Å². The van der Waals surface area contributed by atoms with E-state index in [1.807, 2.05) is 6.07 Å². The highest BCUT2D eigenvalue weighted by Gasteiger charge is 2.41. The summed E-state index contributed by atoms with van der Waals surface area (Å²) >= 11 is 0. The van der Waals surface area contributed by atoms with Crippen LogP contribution in [0.2, 0.25) is 0 Å². The lowest BCUT2D eigenvalue weighted by molar-refractivity contribution is -0.119. The van der Waals surface area contributed by atoms with Crippen LogP contribution in [0.4, 0.5) is 0 Å². The highest BCUT2D eigenvalue weighted by Crippen LogP contribution is 2.36. The molecule has 2 nitrogen and oxygen atoms in total. The Kier molecular flexibility index (Phi) is 2.99. The summed E-state index contributed by atoms with van der Waals surface area (Å²) < 4.78 is 0. The van der Waals surface area contributed by atoms with Gasteiger partial charge in [0.15, 0.2) is 0 Å². The van der Waals surface area contributed by atoms with Crippen molar-refractivity contribution >= 4 is 5.91 Å². The molecule has 0 bridgehead atoms. The molecule has 86 valence electrons. The summed E-state index contributed by atoms with van der Waals surface area (Å²) in [5.41, 5.74) is 1.40. The number of amides is 1. The molecule has 16 heavy (non-hydrogen) atoms. The van der Waals surface area contributed by atoms with Gasteiger partial charge in [-0.15, -0.1) is 0 Å². The van der Waals surface area contributed by atoms with Gasteiger partial charge in [0.2, 0.25) is 5.91 Å². The number of benzene rings is 1. The second-order valence-electron chi connectivity index (χ2n) is 5.02. The summed E-state index contributed by atoms with van der Waals surface area (Å²) in [7, 11) is 0. The van der Waals surface area contributed by atoms with Crippen molar-refractivity contribution < 1.29 is 4.79 Å². The van der Waals surface area contributed by atoms with E-state index in [4.69, 9.17) is 0 Å². The zero-order valence-corrected chi connectivity index (χ0v) is 9.99. The molecule has 0 saturated carbocycles. The van der Waals surface area contributed by atoms with Crippen molar-refractivity contribution in [2.45, 2.75) is 39.2 Å². The summed E-state index contributed by atoms with van der Waals surface area (Å²) in [6.45, 7) is 4.35. The van der Waals surface area contributed by atoms with Crippen LogP contribution in [0.3, 0.4) is 0 Å². The average molecular weight is 217 g/mol. The van der Waals surface area contributed by atoms with Gasteiger partial charge in [0.1, 0.15) is 0 Å². The van der Waals surface area contributed by atoms with E-state index in [-0.39, 0.29) is 11.3 Å². The Bertz CT molecular complexity index is 374.